The lowest BCUT2D eigenvalue weighted by atomic mass is 10.1. The average Bonchev–Trinajstić information content (AvgIpc) is 2.76. The van der Waals surface area contributed by atoms with Crippen molar-refractivity contribution < 1.29 is 9.90 Å². The monoisotopic (exact) mass is 322 g/mol. The lowest BCUT2D eigenvalue weighted by Crippen LogP contribution is -2.07. The van der Waals surface area contributed by atoms with Crippen LogP contribution in [0, 0.1) is 0 Å². The van der Waals surface area contributed by atoms with Gasteiger partial charge in [-0.2, -0.15) is 4.98 Å². The summed E-state index contributed by atoms with van der Waals surface area (Å²) in [7, 11) is 0. The zero-order valence-electron chi connectivity index (χ0n) is 10.4. The molecule has 0 atom stereocenters. The largest absolute Gasteiger partial charge is 0.477 e. The second-order valence-corrected chi connectivity index (χ2v) is 5.17. The third kappa shape index (κ3) is 2.39. The minimum atomic E-state index is -1.12. The molecule has 0 bridgehead atoms. The maximum Gasteiger partial charge on any atom is 0.354 e. The number of rotatable bonds is 2. The SMILES string of the molecule is Nc1nc2c(-c3cc(Cl)cc(Cl)c3)ccc(C(=O)O)n2n1. The Balaban J connectivity index is 2.33. The summed E-state index contributed by atoms with van der Waals surface area (Å²) in [6.07, 6.45) is 0. The molecular weight excluding hydrogens is 315 g/mol. The number of carbonyl (C=O) groups is 1. The highest BCUT2D eigenvalue weighted by Gasteiger charge is 2.16. The summed E-state index contributed by atoms with van der Waals surface area (Å²) < 4.78 is 1.18. The number of hydrogen-bond donors (Lipinski definition) is 2. The highest BCUT2D eigenvalue weighted by atomic mass is 35.5. The number of aromatic nitrogens is 3. The van der Waals surface area contributed by atoms with Crippen LogP contribution in [-0.4, -0.2) is 25.7 Å². The Kier molecular flexibility index (Phi) is 3.19. The van der Waals surface area contributed by atoms with Gasteiger partial charge in [0.2, 0.25) is 5.95 Å². The van der Waals surface area contributed by atoms with Gasteiger partial charge in [-0.15, -0.1) is 5.10 Å². The van der Waals surface area contributed by atoms with Gasteiger partial charge in [-0.25, -0.2) is 9.31 Å². The quantitative estimate of drug-likeness (QED) is 0.756. The van der Waals surface area contributed by atoms with E-state index in [1.165, 1.54) is 10.6 Å². The van der Waals surface area contributed by atoms with Gasteiger partial charge in [-0.05, 0) is 35.9 Å². The molecule has 8 heteroatoms. The van der Waals surface area contributed by atoms with E-state index in [9.17, 15) is 9.90 Å². The molecule has 0 radical (unpaired) electrons. The first-order valence-electron chi connectivity index (χ1n) is 5.81. The summed E-state index contributed by atoms with van der Waals surface area (Å²) in [4.78, 5) is 15.3. The molecule has 0 aliphatic heterocycles. The number of hydrogen-bond acceptors (Lipinski definition) is 4. The van der Waals surface area contributed by atoms with Crippen molar-refractivity contribution in [3.8, 4) is 11.1 Å². The van der Waals surface area contributed by atoms with Gasteiger partial charge in [-0.1, -0.05) is 23.2 Å². The second kappa shape index (κ2) is 4.91. The van der Waals surface area contributed by atoms with E-state index < -0.39 is 5.97 Å². The number of nitrogen functional groups attached to an aromatic ring is 1. The van der Waals surface area contributed by atoms with Crippen molar-refractivity contribution >= 4 is 40.8 Å². The number of carboxylic acids is 1. The molecule has 3 N–H and O–H groups in total. The molecule has 1 aromatic carbocycles. The number of anilines is 1. The van der Waals surface area contributed by atoms with E-state index in [4.69, 9.17) is 28.9 Å². The van der Waals surface area contributed by atoms with E-state index in [1.807, 2.05) is 0 Å². The van der Waals surface area contributed by atoms with Gasteiger partial charge in [-0.3, -0.25) is 0 Å². The molecule has 0 aliphatic carbocycles. The predicted molar refractivity (Wildman–Crippen MR) is 79.8 cm³/mol. The molecular formula is C13H8Cl2N4O2. The van der Waals surface area contributed by atoms with Gasteiger partial charge in [0.15, 0.2) is 11.3 Å². The topological polar surface area (TPSA) is 93.5 Å². The van der Waals surface area contributed by atoms with Crippen molar-refractivity contribution in [2.24, 2.45) is 0 Å². The number of nitrogens with two attached hydrogens (primary N) is 1. The first-order valence-corrected chi connectivity index (χ1v) is 6.56. The molecule has 0 unspecified atom stereocenters. The van der Waals surface area contributed by atoms with Crippen molar-refractivity contribution in [3.63, 3.8) is 0 Å². The predicted octanol–water partition coefficient (Wildman–Crippen LogP) is 2.98. The van der Waals surface area contributed by atoms with E-state index in [-0.39, 0.29) is 11.6 Å². The van der Waals surface area contributed by atoms with Crippen LogP contribution in [0.25, 0.3) is 16.8 Å². The fourth-order valence-corrected chi connectivity index (χ4v) is 2.60. The Bertz CT molecular complexity index is 856. The summed E-state index contributed by atoms with van der Waals surface area (Å²) in [6, 6.07) is 8.05. The van der Waals surface area contributed by atoms with Crippen LogP contribution in [0.3, 0.4) is 0 Å². The molecule has 0 saturated carbocycles. The van der Waals surface area contributed by atoms with E-state index in [2.05, 4.69) is 10.1 Å². The lowest BCUT2D eigenvalue weighted by Gasteiger charge is -2.06. The second-order valence-electron chi connectivity index (χ2n) is 4.30. The zero-order chi connectivity index (χ0) is 15.1. The van der Waals surface area contributed by atoms with Crippen LogP contribution in [0.5, 0.6) is 0 Å². The summed E-state index contributed by atoms with van der Waals surface area (Å²) in [6.45, 7) is 0. The number of fused-ring (bicyclic) bond motifs is 1. The highest BCUT2D eigenvalue weighted by molar-refractivity contribution is 6.35. The molecule has 0 saturated heterocycles. The van der Waals surface area contributed by atoms with Crippen LogP contribution in [-0.2, 0) is 0 Å². The number of pyridine rings is 1. The summed E-state index contributed by atoms with van der Waals surface area (Å²) in [5, 5.41) is 14.0. The van der Waals surface area contributed by atoms with Crippen molar-refractivity contribution in [1.82, 2.24) is 14.6 Å². The first kappa shape index (κ1) is 13.7. The van der Waals surface area contributed by atoms with E-state index in [0.717, 1.165) is 0 Å². The molecule has 106 valence electrons. The Labute approximate surface area is 128 Å². The standard InChI is InChI=1S/C13H8Cl2N4O2/c14-7-3-6(4-8(15)5-7)9-1-2-10(12(20)21)19-11(9)17-13(16)18-19/h1-5H,(H2,16,18)(H,20,21). The number of halogens is 2. The van der Waals surface area contributed by atoms with Gasteiger partial charge in [0.05, 0.1) is 0 Å². The fraction of sp³-hybridized carbons (Fsp3) is 0. The average molecular weight is 323 g/mol. The molecule has 2 aromatic heterocycles. The molecule has 3 rings (SSSR count). The molecule has 3 aromatic rings. The summed E-state index contributed by atoms with van der Waals surface area (Å²) in [5.74, 6) is -1.14. The first-order chi connectivity index (χ1) is 9.95. The molecule has 6 nitrogen and oxygen atoms in total. The Morgan fingerprint density at radius 3 is 2.48 bits per heavy atom. The minimum absolute atomic E-state index is 0.0157. The van der Waals surface area contributed by atoms with Crippen LogP contribution in [0.4, 0.5) is 5.95 Å². The molecule has 21 heavy (non-hydrogen) atoms. The van der Waals surface area contributed by atoms with Crippen molar-refractivity contribution in [1.29, 1.82) is 0 Å². The maximum atomic E-state index is 11.2. The number of carboxylic acid groups (broad SMARTS) is 1. The summed E-state index contributed by atoms with van der Waals surface area (Å²) in [5.41, 5.74) is 7.20. The normalized spacial score (nSPS) is 11.0. The van der Waals surface area contributed by atoms with Crippen molar-refractivity contribution in [2.45, 2.75) is 0 Å². The van der Waals surface area contributed by atoms with Gasteiger partial charge in [0, 0.05) is 15.6 Å². The zero-order valence-corrected chi connectivity index (χ0v) is 11.9. The van der Waals surface area contributed by atoms with Crippen LogP contribution in [0.2, 0.25) is 10.0 Å². The Hall–Kier alpha value is -2.31. The molecule has 2 heterocycles. The minimum Gasteiger partial charge on any atom is -0.477 e. The van der Waals surface area contributed by atoms with Gasteiger partial charge < -0.3 is 10.8 Å². The van der Waals surface area contributed by atoms with Crippen LogP contribution in [0.1, 0.15) is 10.5 Å². The van der Waals surface area contributed by atoms with Gasteiger partial charge in [0.25, 0.3) is 0 Å². The van der Waals surface area contributed by atoms with E-state index in [1.54, 1.807) is 24.3 Å². The number of nitrogens with zero attached hydrogens (tertiary/aromatic N) is 3. The smallest absolute Gasteiger partial charge is 0.354 e. The molecule has 0 fully saturated rings. The third-order valence-corrected chi connectivity index (χ3v) is 3.33. The van der Waals surface area contributed by atoms with E-state index >= 15 is 0 Å². The Morgan fingerprint density at radius 1 is 1.19 bits per heavy atom. The third-order valence-electron chi connectivity index (χ3n) is 2.89. The van der Waals surface area contributed by atoms with Crippen molar-refractivity contribution in [3.05, 3.63) is 46.1 Å². The van der Waals surface area contributed by atoms with Crippen LogP contribution in [0.15, 0.2) is 30.3 Å². The van der Waals surface area contributed by atoms with Crippen LogP contribution < -0.4 is 5.73 Å². The lowest BCUT2D eigenvalue weighted by molar-refractivity contribution is 0.0687. The Morgan fingerprint density at radius 2 is 1.86 bits per heavy atom. The maximum absolute atomic E-state index is 11.2. The molecule has 0 amide bonds. The molecule has 0 spiro atoms. The van der Waals surface area contributed by atoms with Crippen molar-refractivity contribution in [2.75, 3.05) is 5.73 Å². The summed E-state index contributed by atoms with van der Waals surface area (Å²) >= 11 is 12.0. The van der Waals surface area contributed by atoms with E-state index in [0.29, 0.717) is 26.8 Å². The number of benzene rings is 1. The number of aromatic carboxylic acids is 1. The fourth-order valence-electron chi connectivity index (χ4n) is 2.07. The highest BCUT2D eigenvalue weighted by Crippen LogP contribution is 2.30. The molecule has 0 aliphatic rings. The van der Waals surface area contributed by atoms with Gasteiger partial charge in [0.1, 0.15) is 0 Å². The van der Waals surface area contributed by atoms with Gasteiger partial charge >= 0.3 is 5.97 Å². The van der Waals surface area contributed by atoms with Crippen LogP contribution >= 0.6 is 23.2 Å².